The molecule has 4 atom stereocenters. The first kappa shape index (κ1) is 22.5. The third kappa shape index (κ3) is 3.50. The number of halogens is 1. The zero-order valence-corrected chi connectivity index (χ0v) is 21.1. The fraction of sp³-hybridized carbons (Fsp3) is 0.462. The summed E-state index contributed by atoms with van der Waals surface area (Å²) in [6.07, 6.45) is 3.28. The van der Waals surface area contributed by atoms with Gasteiger partial charge in [-0.15, -0.1) is 11.3 Å². The van der Waals surface area contributed by atoms with Crippen LogP contribution in [0.25, 0.3) is 10.2 Å². The minimum Gasteiger partial charge on any atom is -0.351 e. The average molecular weight is 484 g/mol. The van der Waals surface area contributed by atoms with Crippen LogP contribution in [-0.4, -0.2) is 28.0 Å². The number of hydrogen-bond donors (Lipinski definition) is 1. The summed E-state index contributed by atoms with van der Waals surface area (Å²) in [6.45, 7) is 8.67. The summed E-state index contributed by atoms with van der Waals surface area (Å²) in [5.41, 5.74) is 2.01. The number of nitrogens with one attached hydrogen (secondary N) is 1. The molecule has 2 aromatic heterocycles. The summed E-state index contributed by atoms with van der Waals surface area (Å²) in [7, 11) is 0. The number of hydrogen-bond acceptors (Lipinski definition) is 3. The maximum Gasteiger partial charge on any atom is 0.275 e. The van der Waals surface area contributed by atoms with Crippen molar-refractivity contribution < 1.29 is 9.59 Å². The molecule has 7 heteroatoms. The van der Waals surface area contributed by atoms with Gasteiger partial charge in [0.2, 0.25) is 5.91 Å². The predicted molar refractivity (Wildman–Crippen MR) is 135 cm³/mol. The smallest absolute Gasteiger partial charge is 0.275 e. The van der Waals surface area contributed by atoms with E-state index in [9.17, 15) is 9.59 Å². The Kier molecular flexibility index (Phi) is 5.57. The Bertz CT molecular complexity index is 1250. The molecule has 0 saturated heterocycles. The molecule has 5 rings (SSSR count). The van der Waals surface area contributed by atoms with Crippen molar-refractivity contribution in [2.75, 3.05) is 4.90 Å². The van der Waals surface area contributed by atoms with Crippen molar-refractivity contribution in [3.63, 3.8) is 0 Å². The summed E-state index contributed by atoms with van der Waals surface area (Å²) in [4.78, 5) is 29.7. The topological polar surface area (TPSA) is 54.3 Å². The van der Waals surface area contributed by atoms with Gasteiger partial charge in [-0.05, 0) is 67.3 Å². The van der Waals surface area contributed by atoms with E-state index in [0.29, 0.717) is 34.8 Å². The van der Waals surface area contributed by atoms with Gasteiger partial charge in [0.25, 0.3) is 5.91 Å². The van der Waals surface area contributed by atoms with Crippen LogP contribution in [0, 0.1) is 18.8 Å². The minimum absolute atomic E-state index is 0.107. The molecule has 3 heterocycles. The number of thiophene rings is 1. The van der Waals surface area contributed by atoms with E-state index in [1.165, 1.54) is 6.42 Å². The number of benzene rings is 1. The zero-order chi connectivity index (χ0) is 23.5. The first-order valence-corrected chi connectivity index (χ1v) is 13.0. The second-order valence-corrected chi connectivity index (χ2v) is 11.3. The molecule has 5 nitrogen and oxygen atoms in total. The summed E-state index contributed by atoms with van der Waals surface area (Å²) in [5.74, 6) is 0.692. The quantitative estimate of drug-likeness (QED) is 0.494. The van der Waals surface area contributed by atoms with Crippen molar-refractivity contribution in [1.82, 2.24) is 9.88 Å². The van der Waals surface area contributed by atoms with E-state index in [4.69, 9.17) is 11.6 Å². The molecule has 174 valence electrons. The Hall–Kier alpha value is -2.31. The number of aromatic nitrogens is 1. The van der Waals surface area contributed by atoms with Crippen molar-refractivity contribution >= 4 is 50.7 Å². The van der Waals surface area contributed by atoms with Crippen LogP contribution >= 0.6 is 22.9 Å². The van der Waals surface area contributed by atoms with Crippen molar-refractivity contribution in [2.45, 2.75) is 65.1 Å². The van der Waals surface area contributed by atoms with Gasteiger partial charge in [-0.1, -0.05) is 44.4 Å². The van der Waals surface area contributed by atoms with E-state index in [0.717, 1.165) is 28.6 Å². The number of rotatable bonds is 3. The minimum atomic E-state index is -1.09. The number of amides is 2. The van der Waals surface area contributed by atoms with Crippen molar-refractivity contribution in [1.29, 1.82) is 0 Å². The number of nitrogens with zero attached hydrogens (tertiary/aromatic N) is 2. The average Bonchev–Trinajstić information content (AvgIpc) is 3.37. The lowest BCUT2D eigenvalue weighted by Gasteiger charge is -2.46. The number of carbonyl (C=O) groups excluding carboxylic acids is 2. The molecule has 2 amide bonds. The maximum atomic E-state index is 14.0. The van der Waals surface area contributed by atoms with Gasteiger partial charge in [0, 0.05) is 16.8 Å². The van der Waals surface area contributed by atoms with Crippen LogP contribution in [0.5, 0.6) is 0 Å². The highest BCUT2D eigenvalue weighted by Gasteiger charge is 2.50. The van der Waals surface area contributed by atoms with E-state index in [2.05, 4.69) is 19.2 Å². The van der Waals surface area contributed by atoms with Crippen LogP contribution in [0.2, 0.25) is 5.02 Å². The lowest BCUT2D eigenvalue weighted by Crippen LogP contribution is -2.66. The SMILES string of the molecule is Cc1c(Cl)cccc1N1C(=O)c2cc3sccc3n2C[C@]1(C)C(=O)N[C@@H]1CCC[C@@H](C)[C@H]1C. The molecule has 0 unspecified atom stereocenters. The highest BCUT2D eigenvalue weighted by atomic mass is 35.5. The summed E-state index contributed by atoms with van der Waals surface area (Å²) < 4.78 is 3.07. The Balaban J connectivity index is 1.61. The predicted octanol–water partition coefficient (Wildman–Crippen LogP) is 6.02. The lowest BCUT2D eigenvalue weighted by molar-refractivity contribution is -0.128. The van der Waals surface area contributed by atoms with Crippen molar-refractivity contribution in [2.24, 2.45) is 11.8 Å². The second kappa shape index (κ2) is 8.17. The van der Waals surface area contributed by atoms with Gasteiger partial charge >= 0.3 is 0 Å². The van der Waals surface area contributed by atoms with Crippen LogP contribution in [-0.2, 0) is 11.3 Å². The third-order valence-electron chi connectivity index (χ3n) is 7.90. The molecule has 1 aromatic carbocycles. The van der Waals surface area contributed by atoms with Crippen LogP contribution < -0.4 is 10.2 Å². The Morgan fingerprint density at radius 1 is 1.24 bits per heavy atom. The van der Waals surface area contributed by atoms with E-state index in [1.807, 2.05) is 54.1 Å². The van der Waals surface area contributed by atoms with Gasteiger partial charge in [-0.25, -0.2) is 0 Å². The van der Waals surface area contributed by atoms with Gasteiger partial charge in [0.1, 0.15) is 11.2 Å². The molecule has 0 bridgehead atoms. The molecule has 1 N–H and O–H groups in total. The fourth-order valence-electron chi connectivity index (χ4n) is 5.54. The van der Waals surface area contributed by atoms with Gasteiger partial charge < -0.3 is 9.88 Å². The summed E-state index contributed by atoms with van der Waals surface area (Å²) in [5, 5.41) is 5.96. The summed E-state index contributed by atoms with van der Waals surface area (Å²) in [6, 6.07) is 9.63. The first-order valence-electron chi connectivity index (χ1n) is 11.7. The second-order valence-electron chi connectivity index (χ2n) is 9.93. The Morgan fingerprint density at radius 3 is 2.82 bits per heavy atom. The molecule has 0 radical (unpaired) electrons. The molecule has 1 saturated carbocycles. The Morgan fingerprint density at radius 2 is 2.03 bits per heavy atom. The largest absolute Gasteiger partial charge is 0.351 e. The van der Waals surface area contributed by atoms with E-state index in [-0.39, 0.29) is 17.9 Å². The third-order valence-corrected chi connectivity index (χ3v) is 9.16. The van der Waals surface area contributed by atoms with Gasteiger partial charge in [0.15, 0.2) is 0 Å². The highest BCUT2D eigenvalue weighted by Crippen LogP contribution is 2.40. The zero-order valence-electron chi connectivity index (χ0n) is 19.5. The van der Waals surface area contributed by atoms with Crippen LogP contribution in [0.1, 0.15) is 56.1 Å². The molecule has 33 heavy (non-hydrogen) atoms. The molecule has 3 aromatic rings. The monoisotopic (exact) mass is 483 g/mol. The highest BCUT2D eigenvalue weighted by molar-refractivity contribution is 7.17. The number of anilines is 1. The first-order chi connectivity index (χ1) is 15.7. The molecule has 0 spiro atoms. The molecular formula is C26H30ClN3O2S. The number of fused-ring (bicyclic) bond motifs is 3. The molecule has 1 fully saturated rings. The Labute approximate surface area is 203 Å². The van der Waals surface area contributed by atoms with Crippen molar-refractivity contribution in [3.8, 4) is 0 Å². The molecule has 1 aliphatic carbocycles. The van der Waals surface area contributed by atoms with Crippen LogP contribution in [0.4, 0.5) is 5.69 Å². The van der Waals surface area contributed by atoms with Gasteiger partial charge in [-0.3, -0.25) is 14.5 Å². The molecule has 1 aliphatic heterocycles. The lowest BCUT2D eigenvalue weighted by atomic mass is 9.77. The summed E-state index contributed by atoms with van der Waals surface area (Å²) >= 11 is 8.06. The van der Waals surface area contributed by atoms with E-state index >= 15 is 0 Å². The van der Waals surface area contributed by atoms with Crippen molar-refractivity contribution in [3.05, 3.63) is 52.0 Å². The normalized spacial score (nSPS) is 27.6. The maximum absolute atomic E-state index is 14.0. The number of carbonyl (C=O) groups is 2. The molecule has 2 aliphatic rings. The van der Waals surface area contributed by atoms with Crippen LogP contribution in [0.15, 0.2) is 35.7 Å². The van der Waals surface area contributed by atoms with E-state index < -0.39 is 5.54 Å². The van der Waals surface area contributed by atoms with E-state index in [1.54, 1.807) is 16.2 Å². The van der Waals surface area contributed by atoms with Gasteiger partial charge in [-0.2, -0.15) is 0 Å². The fourth-order valence-corrected chi connectivity index (χ4v) is 6.53. The van der Waals surface area contributed by atoms with Crippen LogP contribution in [0.3, 0.4) is 0 Å². The van der Waals surface area contributed by atoms with Gasteiger partial charge in [0.05, 0.1) is 16.8 Å². The molecular weight excluding hydrogens is 454 g/mol. The standard InChI is InChI=1S/C26H30ClN3O2S/c1-15-7-5-9-19(16(15)2)28-25(32)26(4)14-29-21-11-12-33-23(21)13-22(29)24(31)30(26)20-10-6-8-18(27)17(20)3/h6,8,10-13,15-16,19H,5,7,9,14H2,1-4H3,(H,28,32)/t15-,16-,19-,26-/m1/s1.